The maximum Gasteiger partial charge on any atom is 0.295 e. The Hall–Kier alpha value is -2.91. The lowest BCUT2D eigenvalue weighted by molar-refractivity contribution is -0.384. The van der Waals surface area contributed by atoms with Crippen molar-refractivity contribution in [2.24, 2.45) is 0 Å². The summed E-state index contributed by atoms with van der Waals surface area (Å²) in [6.45, 7) is 3.99. The molecule has 0 aliphatic carbocycles. The lowest BCUT2D eigenvalue weighted by Crippen LogP contribution is -2.46. The molecule has 0 spiro atoms. The minimum absolute atomic E-state index is 0.0240. The molecular formula is C18H18N4O2. The van der Waals surface area contributed by atoms with Crippen molar-refractivity contribution in [3.63, 3.8) is 0 Å². The lowest BCUT2D eigenvalue weighted by atomic mass is 10.1. The summed E-state index contributed by atoms with van der Waals surface area (Å²) in [6.07, 6.45) is 5.35. The molecule has 122 valence electrons. The average molecular weight is 322 g/mol. The second-order valence-corrected chi connectivity index (χ2v) is 5.63. The first-order valence-corrected chi connectivity index (χ1v) is 7.80. The van der Waals surface area contributed by atoms with Crippen LogP contribution in [0.4, 0.5) is 11.5 Å². The van der Waals surface area contributed by atoms with Crippen LogP contribution >= 0.6 is 0 Å². The van der Waals surface area contributed by atoms with Crippen LogP contribution in [-0.2, 0) is 0 Å². The van der Waals surface area contributed by atoms with Crippen LogP contribution < -0.4 is 4.90 Å². The summed E-state index contributed by atoms with van der Waals surface area (Å²) >= 11 is 0. The first-order valence-electron chi connectivity index (χ1n) is 7.80. The summed E-state index contributed by atoms with van der Waals surface area (Å²) in [6, 6.07) is 12.5. The van der Waals surface area contributed by atoms with Gasteiger partial charge in [0.15, 0.2) is 5.69 Å². The minimum atomic E-state index is -0.385. The zero-order chi connectivity index (χ0) is 16.9. The Morgan fingerprint density at radius 3 is 2.46 bits per heavy atom. The Morgan fingerprint density at radius 2 is 1.83 bits per heavy atom. The van der Waals surface area contributed by atoms with E-state index in [-0.39, 0.29) is 10.6 Å². The summed E-state index contributed by atoms with van der Waals surface area (Å²) in [4.78, 5) is 19.9. The predicted octanol–water partition coefficient (Wildman–Crippen LogP) is 2.41. The van der Waals surface area contributed by atoms with Gasteiger partial charge in [-0.25, -0.2) is 4.98 Å². The summed E-state index contributed by atoms with van der Waals surface area (Å²) < 4.78 is 0. The van der Waals surface area contributed by atoms with E-state index in [0.29, 0.717) is 12.2 Å². The number of benzene rings is 1. The molecule has 0 unspecified atom stereocenters. The van der Waals surface area contributed by atoms with Crippen molar-refractivity contribution >= 4 is 11.5 Å². The second kappa shape index (κ2) is 7.11. The number of hydrogen-bond acceptors (Lipinski definition) is 5. The van der Waals surface area contributed by atoms with Gasteiger partial charge in [-0.05, 0) is 6.07 Å². The summed E-state index contributed by atoms with van der Waals surface area (Å²) in [7, 11) is 0. The molecule has 6 heteroatoms. The fourth-order valence-electron chi connectivity index (χ4n) is 2.84. The average Bonchev–Trinajstić information content (AvgIpc) is 2.63. The highest BCUT2D eigenvalue weighted by Crippen LogP contribution is 2.30. The number of nitro groups is 1. The largest absolute Gasteiger partial charge is 0.354 e. The Kier molecular flexibility index (Phi) is 4.73. The number of hydrogen-bond donors (Lipinski definition) is 0. The summed E-state index contributed by atoms with van der Waals surface area (Å²) in [5, 5.41) is 11.3. The molecule has 0 atom stereocenters. The highest BCUT2D eigenvalue weighted by molar-refractivity contribution is 5.71. The Bertz CT molecular complexity index is 762. The maximum absolute atomic E-state index is 11.3. The molecule has 1 aromatic carbocycles. The maximum atomic E-state index is 11.3. The van der Waals surface area contributed by atoms with Crippen molar-refractivity contribution in [3.05, 3.63) is 52.6 Å². The van der Waals surface area contributed by atoms with Crippen LogP contribution in [0.5, 0.6) is 0 Å². The number of aromatic nitrogens is 1. The van der Waals surface area contributed by atoms with E-state index in [1.807, 2.05) is 30.3 Å². The van der Waals surface area contributed by atoms with E-state index >= 15 is 0 Å². The fraction of sp³-hybridized carbons (Fsp3) is 0.278. The van der Waals surface area contributed by atoms with Gasteiger partial charge in [-0.2, -0.15) is 0 Å². The molecule has 2 aromatic rings. The number of piperazine rings is 1. The SMILES string of the molecule is C#CCN1CCN(c2ccc([N+](=O)[O-])c(-c3ccccc3)n2)CC1. The molecule has 24 heavy (non-hydrogen) atoms. The van der Waals surface area contributed by atoms with Gasteiger partial charge in [0.1, 0.15) is 5.82 Å². The molecule has 1 aromatic heterocycles. The minimum Gasteiger partial charge on any atom is -0.354 e. The Morgan fingerprint density at radius 1 is 1.12 bits per heavy atom. The highest BCUT2D eigenvalue weighted by atomic mass is 16.6. The number of nitrogens with zero attached hydrogens (tertiary/aromatic N) is 4. The molecule has 0 saturated carbocycles. The smallest absolute Gasteiger partial charge is 0.295 e. The van der Waals surface area contributed by atoms with E-state index < -0.39 is 0 Å². The van der Waals surface area contributed by atoms with E-state index in [0.717, 1.165) is 37.6 Å². The zero-order valence-corrected chi connectivity index (χ0v) is 13.3. The van der Waals surface area contributed by atoms with Crippen molar-refractivity contribution in [2.75, 3.05) is 37.6 Å². The van der Waals surface area contributed by atoms with E-state index in [2.05, 4.69) is 20.7 Å². The molecule has 3 rings (SSSR count). The molecule has 0 amide bonds. The van der Waals surface area contributed by atoms with E-state index in [9.17, 15) is 10.1 Å². The van der Waals surface area contributed by atoms with Crippen LogP contribution in [0.2, 0.25) is 0 Å². The van der Waals surface area contributed by atoms with Crippen molar-refractivity contribution in [1.82, 2.24) is 9.88 Å². The monoisotopic (exact) mass is 322 g/mol. The van der Waals surface area contributed by atoms with Gasteiger partial charge in [0.2, 0.25) is 0 Å². The summed E-state index contributed by atoms with van der Waals surface area (Å²) in [5.41, 5.74) is 1.18. The number of pyridine rings is 1. The van der Waals surface area contributed by atoms with Crippen LogP contribution in [0, 0.1) is 22.5 Å². The molecule has 1 saturated heterocycles. The molecule has 2 heterocycles. The topological polar surface area (TPSA) is 62.5 Å². The van der Waals surface area contributed by atoms with Gasteiger partial charge in [0.05, 0.1) is 11.5 Å². The molecule has 0 radical (unpaired) electrons. The molecule has 0 bridgehead atoms. The van der Waals surface area contributed by atoms with Gasteiger partial charge in [-0.3, -0.25) is 15.0 Å². The normalized spacial score (nSPS) is 15.0. The number of rotatable bonds is 4. The van der Waals surface area contributed by atoms with Crippen LogP contribution in [0.25, 0.3) is 11.3 Å². The van der Waals surface area contributed by atoms with Crippen LogP contribution in [0.3, 0.4) is 0 Å². The van der Waals surface area contributed by atoms with Gasteiger partial charge in [0.25, 0.3) is 5.69 Å². The zero-order valence-electron chi connectivity index (χ0n) is 13.3. The molecule has 0 N–H and O–H groups in total. The third kappa shape index (κ3) is 3.36. The highest BCUT2D eigenvalue weighted by Gasteiger charge is 2.22. The van der Waals surface area contributed by atoms with Gasteiger partial charge in [0, 0.05) is 37.8 Å². The third-order valence-corrected chi connectivity index (χ3v) is 4.11. The van der Waals surface area contributed by atoms with Crippen LogP contribution in [0.1, 0.15) is 0 Å². The predicted molar refractivity (Wildman–Crippen MR) is 93.8 cm³/mol. The molecular weight excluding hydrogens is 304 g/mol. The molecule has 1 aliphatic rings. The van der Waals surface area contributed by atoms with E-state index in [1.165, 1.54) is 0 Å². The Labute approximate surface area is 140 Å². The van der Waals surface area contributed by atoms with E-state index in [1.54, 1.807) is 12.1 Å². The van der Waals surface area contributed by atoms with Gasteiger partial charge in [-0.1, -0.05) is 36.3 Å². The fourth-order valence-corrected chi connectivity index (χ4v) is 2.84. The van der Waals surface area contributed by atoms with Crippen LogP contribution in [-0.4, -0.2) is 47.5 Å². The lowest BCUT2D eigenvalue weighted by Gasteiger charge is -2.34. The third-order valence-electron chi connectivity index (χ3n) is 4.11. The second-order valence-electron chi connectivity index (χ2n) is 5.63. The van der Waals surface area contributed by atoms with Crippen molar-refractivity contribution < 1.29 is 4.92 Å². The molecule has 6 nitrogen and oxygen atoms in total. The first-order chi connectivity index (χ1) is 11.7. The summed E-state index contributed by atoms with van der Waals surface area (Å²) in [5.74, 6) is 3.42. The van der Waals surface area contributed by atoms with Gasteiger partial charge in [-0.15, -0.1) is 6.42 Å². The molecule has 1 fully saturated rings. The van der Waals surface area contributed by atoms with Crippen LogP contribution in [0.15, 0.2) is 42.5 Å². The Balaban J connectivity index is 1.89. The van der Waals surface area contributed by atoms with Crippen molar-refractivity contribution in [3.8, 4) is 23.6 Å². The van der Waals surface area contributed by atoms with Gasteiger partial charge < -0.3 is 4.90 Å². The quantitative estimate of drug-likeness (QED) is 0.491. The van der Waals surface area contributed by atoms with Crippen molar-refractivity contribution in [2.45, 2.75) is 0 Å². The molecule has 1 aliphatic heterocycles. The van der Waals surface area contributed by atoms with Gasteiger partial charge >= 0.3 is 0 Å². The first kappa shape index (κ1) is 16.0. The standard InChI is InChI=1S/C18H18N4O2/c1-2-10-20-11-13-21(14-12-20)17-9-8-16(22(23)24)18(19-17)15-6-4-3-5-7-15/h1,3-9H,10-14H2. The number of anilines is 1. The van der Waals surface area contributed by atoms with Crippen molar-refractivity contribution in [1.29, 1.82) is 0 Å². The van der Waals surface area contributed by atoms with E-state index in [4.69, 9.17) is 6.42 Å². The number of terminal acetylenes is 1.